The van der Waals surface area contributed by atoms with Crippen molar-refractivity contribution in [3.8, 4) is 0 Å². The molecule has 24 heavy (non-hydrogen) atoms. The van der Waals surface area contributed by atoms with E-state index in [1.54, 1.807) is 4.90 Å². The smallest absolute Gasteiger partial charge is 0.254 e. The van der Waals surface area contributed by atoms with Gasteiger partial charge in [0.25, 0.3) is 5.91 Å². The summed E-state index contributed by atoms with van der Waals surface area (Å²) in [6, 6.07) is 15.8. The van der Waals surface area contributed by atoms with Crippen molar-refractivity contribution in [1.29, 1.82) is 0 Å². The van der Waals surface area contributed by atoms with Crippen LogP contribution in [-0.2, 0) is 18.0 Å². The molecule has 4 rings (SSSR count). The summed E-state index contributed by atoms with van der Waals surface area (Å²) in [5.41, 5.74) is 3.96. The number of aliphatic hydroxyl groups excluding tert-OH is 1. The first-order valence-electron chi connectivity index (χ1n) is 8.45. The molecule has 0 saturated carbocycles. The van der Waals surface area contributed by atoms with Crippen LogP contribution >= 0.6 is 0 Å². The lowest BCUT2D eigenvalue weighted by atomic mass is 9.87. The molecular formula is C20H21NO3. The van der Waals surface area contributed by atoms with Crippen LogP contribution in [0.2, 0.25) is 0 Å². The number of carbonyl (C=O) groups excluding carboxylic acids is 1. The zero-order valence-corrected chi connectivity index (χ0v) is 13.5. The summed E-state index contributed by atoms with van der Waals surface area (Å²) in [4.78, 5) is 14.7. The van der Waals surface area contributed by atoms with Crippen LogP contribution < -0.4 is 0 Å². The number of carbonyl (C=O) groups is 1. The van der Waals surface area contributed by atoms with Gasteiger partial charge in [0, 0.05) is 24.6 Å². The maximum atomic E-state index is 12.9. The van der Waals surface area contributed by atoms with E-state index in [2.05, 4.69) is 0 Å². The SMILES string of the molecule is O=C(c1cccc2c1COC2)N1CC[C@@H](c2ccccc2)[C@H](O)C1. The molecule has 2 aromatic rings. The maximum Gasteiger partial charge on any atom is 0.254 e. The van der Waals surface area contributed by atoms with E-state index in [1.165, 1.54) is 0 Å². The molecule has 124 valence electrons. The van der Waals surface area contributed by atoms with Crippen molar-refractivity contribution >= 4 is 5.91 Å². The molecular weight excluding hydrogens is 302 g/mol. The number of ether oxygens (including phenoxy) is 1. The largest absolute Gasteiger partial charge is 0.391 e. The Balaban J connectivity index is 1.51. The summed E-state index contributed by atoms with van der Waals surface area (Å²) in [5.74, 6) is 0.1000. The second kappa shape index (κ2) is 6.38. The molecule has 2 aliphatic heterocycles. The molecule has 0 aromatic heterocycles. The Kier molecular flexibility index (Phi) is 4.08. The third kappa shape index (κ3) is 2.72. The minimum absolute atomic E-state index is 0.00270. The number of fused-ring (bicyclic) bond motifs is 1. The summed E-state index contributed by atoms with van der Waals surface area (Å²) in [5, 5.41) is 10.6. The minimum atomic E-state index is -0.530. The topological polar surface area (TPSA) is 49.8 Å². The highest BCUT2D eigenvalue weighted by molar-refractivity contribution is 5.96. The van der Waals surface area contributed by atoms with Crippen LogP contribution in [0.15, 0.2) is 48.5 Å². The zero-order valence-electron chi connectivity index (χ0n) is 13.5. The number of likely N-dealkylation sites (tertiary alicyclic amines) is 1. The van der Waals surface area contributed by atoms with E-state index in [0.717, 1.165) is 28.7 Å². The standard InChI is InChI=1S/C20H21NO3/c22-19-11-21(10-9-16(19)14-5-2-1-3-6-14)20(23)17-8-4-7-15-12-24-13-18(15)17/h1-8,16,19,22H,9-13H2/t16-,19+/m0/s1. The van der Waals surface area contributed by atoms with Gasteiger partial charge >= 0.3 is 0 Å². The Hall–Kier alpha value is -2.17. The number of aliphatic hydroxyl groups is 1. The Bertz CT molecular complexity index is 744. The van der Waals surface area contributed by atoms with Crippen molar-refractivity contribution in [2.75, 3.05) is 13.1 Å². The van der Waals surface area contributed by atoms with Crippen molar-refractivity contribution in [3.63, 3.8) is 0 Å². The highest BCUT2D eigenvalue weighted by atomic mass is 16.5. The summed E-state index contributed by atoms with van der Waals surface area (Å²) in [7, 11) is 0. The first-order chi connectivity index (χ1) is 11.7. The van der Waals surface area contributed by atoms with E-state index in [4.69, 9.17) is 4.74 Å². The fraction of sp³-hybridized carbons (Fsp3) is 0.350. The van der Waals surface area contributed by atoms with Gasteiger partial charge in [0.2, 0.25) is 0 Å². The van der Waals surface area contributed by atoms with Gasteiger partial charge < -0.3 is 14.7 Å². The number of amides is 1. The van der Waals surface area contributed by atoms with Crippen molar-refractivity contribution in [2.24, 2.45) is 0 Å². The molecule has 1 fully saturated rings. The number of hydrogen-bond donors (Lipinski definition) is 1. The second-order valence-corrected chi connectivity index (χ2v) is 6.56. The molecule has 0 spiro atoms. The number of β-amino-alcohol motifs (C(OH)–C–C–N with tert-alkyl or cyclic N) is 1. The fourth-order valence-electron chi connectivity index (χ4n) is 3.78. The minimum Gasteiger partial charge on any atom is -0.391 e. The van der Waals surface area contributed by atoms with E-state index in [9.17, 15) is 9.90 Å². The van der Waals surface area contributed by atoms with Gasteiger partial charge in [-0.3, -0.25) is 4.79 Å². The average Bonchev–Trinajstić information content (AvgIpc) is 3.10. The van der Waals surface area contributed by atoms with Gasteiger partial charge in [-0.1, -0.05) is 42.5 Å². The number of nitrogens with zero attached hydrogens (tertiary/aromatic N) is 1. The van der Waals surface area contributed by atoms with Gasteiger partial charge in [0.1, 0.15) is 0 Å². The fourth-order valence-corrected chi connectivity index (χ4v) is 3.78. The zero-order chi connectivity index (χ0) is 16.5. The van der Waals surface area contributed by atoms with Gasteiger partial charge in [-0.25, -0.2) is 0 Å². The molecule has 0 bridgehead atoms. The van der Waals surface area contributed by atoms with Gasteiger partial charge in [-0.15, -0.1) is 0 Å². The van der Waals surface area contributed by atoms with E-state index >= 15 is 0 Å². The van der Waals surface area contributed by atoms with Crippen molar-refractivity contribution in [1.82, 2.24) is 4.90 Å². The predicted molar refractivity (Wildman–Crippen MR) is 90.6 cm³/mol. The van der Waals surface area contributed by atoms with E-state index in [-0.39, 0.29) is 11.8 Å². The number of hydrogen-bond acceptors (Lipinski definition) is 3. The molecule has 2 atom stereocenters. The van der Waals surface area contributed by atoms with Crippen molar-refractivity contribution in [3.05, 3.63) is 70.8 Å². The number of benzene rings is 2. The Morgan fingerprint density at radius 1 is 1.08 bits per heavy atom. The van der Waals surface area contributed by atoms with Gasteiger partial charge in [0.05, 0.1) is 19.3 Å². The number of piperidine rings is 1. The quantitative estimate of drug-likeness (QED) is 0.924. The normalized spacial score (nSPS) is 23.1. The molecule has 0 unspecified atom stereocenters. The van der Waals surface area contributed by atoms with Crippen molar-refractivity contribution < 1.29 is 14.6 Å². The van der Waals surface area contributed by atoms with E-state index in [0.29, 0.717) is 26.3 Å². The maximum absolute atomic E-state index is 12.9. The molecule has 1 N–H and O–H groups in total. The highest BCUT2D eigenvalue weighted by Gasteiger charge is 2.32. The third-order valence-corrected chi connectivity index (χ3v) is 5.10. The molecule has 0 radical (unpaired) electrons. The molecule has 2 heterocycles. The van der Waals surface area contributed by atoms with E-state index in [1.807, 2.05) is 48.5 Å². The first-order valence-corrected chi connectivity index (χ1v) is 8.45. The molecule has 4 heteroatoms. The molecule has 4 nitrogen and oxygen atoms in total. The summed E-state index contributed by atoms with van der Waals surface area (Å²) < 4.78 is 5.47. The molecule has 2 aliphatic rings. The molecule has 2 aromatic carbocycles. The second-order valence-electron chi connectivity index (χ2n) is 6.56. The Morgan fingerprint density at radius 2 is 1.92 bits per heavy atom. The Labute approximate surface area is 141 Å². The van der Waals surface area contributed by atoms with Crippen LogP contribution in [0.5, 0.6) is 0 Å². The highest BCUT2D eigenvalue weighted by Crippen LogP contribution is 2.30. The molecule has 1 saturated heterocycles. The van der Waals surface area contributed by atoms with Crippen LogP contribution in [0.3, 0.4) is 0 Å². The van der Waals surface area contributed by atoms with Crippen LogP contribution in [0.4, 0.5) is 0 Å². The van der Waals surface area contributed by atoms with E-state index < -0.39 is 6.10 Å². The average molecular weight is 323 g/mol. The monoisotopic (exact) mass is 323 g/mol. The Morgan fingerprint density at radius 3 is 2.71 bits per heavy atom. The van der Waals surface area contributed by atoms with Gasteiger partial charge in [0.15, 0.2) is 0 Å². The van der Waals surface area contributed by atoms with Gasteiger partial charge in [-0.2, -0.15) is 0 Å². The van der Waals surface area contributed by atoms with Gasteiger partial charge in [-0.05, 0) is 29.2 Å². The lowest BCUT2D eigenvalue weighted by Crippen LogP contribution is -2.46. The first kappa shape index (κ1) is 15.4. The lowest BCUT2D eigenvalue weighted by molar-refractivity contribution is 0.0380. The summed E-state index contributed by atoms with van der Waals surface area (Å²) in [6.07, 6.45) is 0.251. The molecule has 1 amide bonds. The number of rotatable bonds is 2. The third-order valence-electron chi connectivity index (χ3n) is 5.10. The van der Waals surface area contributed by atoms with Crippen molar-refractivity contribution in [2.45, 2.75) is 31.7 Å². The van der Waals surface area contributed by atoms with Crippen LogP contribution in [0, 0.1) is 0 Å². The lowest BCUT2D eigenvalue weighted by Gasteiger charge is -2.36. The van der Waals surface area contributed by atoms with Crippen LogP contribution in [0.1, 0.15) is 39.4 Å². The summed E-state index contributed by atoms with van der Waals surface area (Å²) >= 11 is 0. The molecule has 0 aliphatic carbocycles. The van der Waals surface area contributed by atoms with Crippen LogP contribution in [0.25, 0.3) is 0 Å². The summed E-state index contributed by atoms with van der Waals surface area (Å²) in [6.45, 7) is 2.12. The predicted octanol–water partition coefficient (Wildman–Crippen LogP) is 2.71. The van der Waals surface area contributed by atoms with Crippen LogP contribution in [-0.4, -0.2) is 35.1 Å².